The average Bonchev–Trinajstić information content (AvgIpc) is 2.92. The van der Waals surface area contributed by atoms with E-state index >= 15 is 0 Å². The van der Waals surface area contributed by atoms with Crippen LogP contribution in [0.3, 0.4) is 0 Å². The van der Waals surface area contributed by atoms with Crippen molar-refractivity contribution in [2.45, 2.75) is 18.9 Å². The van der Waals surface area contributed by atoms with Crippen LogP contribution in [0.15, 0.2) is 18.2 Å². The summed E-state index contributed by atoms with van der Waals surface area (Å²) in [5, 5.41) is 11.9. The summed E-state index contributed by atoms with van der Waals surface area (Å²) in [6.07, 6.45) is -0.147. The molecule has 1 aromatic rings. The van der Waals surface area contributed by atoms with Crippen LogP contribution >= 0.6 is 0 Å². The standard InChI is InChI=1S/C17H22N2O6/c1-19-9-11(7-15(19)20)17(23)18-12(8-16(21)22)10-4-5-13(24-2)14(6-10)25-3/h4-6,11-12H,7-9H2,1-3H3,(H,18,23)(H,21,22). The molecule has 2 amide bonds. The molecule has 0 bridgehead atoms. The minimum absolute atomic E-state index is 0.0962. The van der Waals surface area contributed by atoms with Gasteiger partial charge in [0.25, 0.3) is 0 Å². The van der Waals surface area contributed by atoms with Gasteiger partial charge in [-0.05, 0) is 17.7 Å². The number of rotatable bonds is 7. The van der Waals surface area contributed by atoms with Gasteiger partial charge in [-0.1, -0.05) is 6.07 Å². The number of carboxylic acids is 1. The zero-order valence-corrected chi connectivity index (χ0v) is 14.4. The van der Waals surface area contributed by atoms with Crippen molar-refractivity contribution >= 4 is 17.8 Å². The van der Waals surface area contributed by atoms with Crippen LogP contribution in [0.25, 0.3) is 0 Å². The third-order valence-corrected chi connectivity index (χ3v) is 4.22. The van der Waals surface area contributed by atoms with E-state index < -0.39 is 17.9 Å². The molecule has 2 rings (SSSR count). The molecule has 1 aliphatic heterocycles. The lowest BCUT2D eigenvalue weighted by Crippen LogP contribution is -2.36. The monoisotopic (exact) mass is 350 g/mol. The second kappa shape index (κ2) is 7.87. The van der Waals surface area contributed by atoms with Crippen LogP contribution in [0.2, 0.25) is 0 Å². The lowest BCUT2D eigenvalue weighted by molar-refractivity contribution is -0.138. The molecule has 2 unspecified atom stereocenters. The Labute approximate surface area is 145 Å². The Kier molecular flexibility index (Phi) is 5.84. The predicted molar refractivity (Wildman–Crippen MR) is 88.4 cm³/mol. The van der Waals surface area contributed by atoms with Gasteiger partial charge in [-0.25, -0.2) is 0 Å². The summed E-state index contributed by atoms with van der Waals surface area (Å²) in [6, 6.07) is 4.24. The number of carboxylic acid groups (broad SMARTS) is 1. The molecule has 0 aliphatic carbocycles. The van der Waals surface area contributed by atoms with Gasteiger partial charge >= 0.3 is 5.97 Å². The molecular weight excluding hydrogens is 328 g/mol. The zero-order valence-electron chi connectivity index (χ0n) is 14.4. The number of hydrogen-bond donors (Lipinski definition) is 2. The minimum atomic E-state index is -1.04. The summed E-state index contributed by atoms with van der Waals surface area (Å²) in [6.45, 7) is 0.330. The lowest BCUT2D eigenvalue weighted by atomic mass is 10.0. The maximum Gasteiger partial charge on any atom is 0.305 e. The Morgan fingerprint density at radius 3 is 2.52 bits per heavy atom. The van der Waals surface area contributed by atoms with Crippen molar-refractivity contribution in [2.24, 2.45) is 5.92 Å². The molecule has 8 nitrogen and oxygen atoms in total. The molecule has 1 aromatic carbocycles. The smallest absolute Gasteiger partial charge is 0.305 e. The van der Waals surface area contributed by atoms with Crippen molar-refractivity contribution in [3.05, 3.63) is 23.8 Å². The van der Waals surface area contributed by atoms with Crippen molar-refractivity contribution < 1.29 is 29.0 Å². The van der Waals surface area contributed by atoms with Crippen LogP contribution in [0.5, 0.6) is 11.5 Å². The maximum absolute atomic E-state index is 12.4. The molecule has 0 radical (unpaired) electrons. The van der Waals surface area contributed by atoms with Gasteiger partial charge in [0.05, 0.1) is 32.6 Å². The molecule has 0 saturated carbocycles. The van der Waals surface area contributed by atoms with Crippen LogP contribution in [0.4, 0.5) is 0 Å². The van der Waals surface area contributed by atoms with E-state index in [2.05, 4.69) is 5.32 Å². The molecule has 0 spiro atoms. The van der Waals surface area contributed by atoms with E-state index in [9.17, 15) is 14.4 Å². The number of benzene rings is 1. The van der Waals surface area contributed by atoms with Gasteiger partial charge in [-0.3, -0.25) is 14.4 Å². The van der Waals surface area contributed by atoms with Crippen molar-refractivity contribution in [3.8, 4) is 11.5 Å². The zero-order chi connectivity index (χ0) is 18.6. The number of ether oxygens (including phenoxy) is 2. The molecule has 1 aliphatic rings. The predicted octanol–water partition coefficient (Wildman–Crippen LogP) is 0.814. The maximum atomic E-state index is 12.4. The fraction of sp³-hybridized carbons (Fsp3) is 0.471. The molecular formula is C17H22N2O6. The highest BCUT2D eigenvalue weighted by Crippen LogP contribution is 2.31. The molecule has 136 valence electrons. The number of carbonyl (C=O) groups excluding carboxylic acids is 2. The van der Waals surface area contributed by atoms with Gasteiger partial charge in [0, 0.05) is 20.0 Å². The molecule has 25 heavy (non-hydrogen) atoms. The number of aliphatic carboxylic acids is 1. The first-order chi connectivity index (χ1) is 11.8. The first kappa shape index (κ1) is 18.6. The van der Waals surface area contributed by atoms with Gasteiger partial charge in [-0.2, -0.15) is 0 Å². The van der Waals surface area contributed by atoms with E-state index in [1.54, 1.807) is 25.2 Å². The molecule has 1 heterocycles. The van der Waals surface area contributed by atoms with Gasteiger partial charge in [0.15, 0.2) is 11.5 Å². The van der Waals surface area contributed by atoms with E-state index in [-0.39, 0.29) is 24.7 Å². The lowest BCUT2D eigenvalue weighted by Gasteiger charge is -2.21. The second-order valence-corrected chi connectivity index (χ2v) is 5.95. The van der Waals surface area contributed by atoms with Crippen molar-refractivity contribution in [2.75, 3.05) is 27.8 Å². The third-order valence-electron chi connectivity index (χ3n) is 4.22. The Morgan fingerprint density at radius 2 is 2.00 bits per heavy atom. The fourth-order valence-corrected chi connectivity index (χ4v) is 2.83. The van der Waals surface area contributed by atoms with E-state index in [4.69, 9.17) is 14.6 Å². The molecule has 2 atom stereocenters. The quantitative estimate of drug-likeness (QED) is 0.754. The van der Waals surface area contributed by atoms with E-state index in [1.165, 1.54) is 19.1 Å². The molecule has 0 aromatic heterocycles. The van der Waals surface area contributed by atoms with Gasteiger partial charge in [0.2, 0.25) is 11.8 Å². The molecule has 1 saturated heterocycles. The van der Waals surface area contributed by atoms with Crippen molar-refractivity contribution in [3.63, 3.8) is 0 Å². The second-order valence-electron chi connectivity index (χ2n) is 5.95. The summed E-state index contributed by atoms with van der Waals surface area (Å²) in [7, 11) is 4.62. The summed E-state index contributed by atoms with van der Waals surface area (Å²) >= 11 is 0. The van der Waals surface area contributed by atoms with Crippen molar-refractivity contribution in [1.82, 2.24) is 10.2 Å². The molecule has 1 fully saturated rings. The first-order valence-electron chi connectivity index (χ1n) is 7.83. The number of nitrogens with one attached hydrogen (secondary N) is 1. The Hall–Kier alpha value is -2.77. The highest BCUT2D eigenvalue weighted by molar-refractivity contribution is 5.89. The topological polar surface area (TPSA) is 105 Å². The Balaban J connectivity index is 2.20. The number of carbonyl (C=O) groups is 3. The molecule has 8 heteroatoms. The number of nitrogens with zero attached hydrogens (tertiary/aromatic N) is 1. The highest BCUT2D eigenvalue weighted by Gasteiger charge is 2.33. The minimum Gasteiger partial charge on any atom is -0.493 e. The largest absolute Gasteiger partial charge is 0.493 e. The average molecular weight is 350 g/mol. The van der Waals surface area contributed by atoms with E-state index in [0.29, 0.717) is 23.6 Å². The summed E-state index contributed by atoms with van der Waals surface area (Å²) in [5.74, 6) is -0.997. The Bertz CT molecular complexity index is 675. The van der Waals surface area contributed by atoms with Gasteiger partial charge < -0.3 is 24.8 Å². The van der Waals surface area contributed by atoms with Crippen molar-refractivity contribution in [1.29, 1.82) is 0 Å². The third kappa shape index (κ3) is 4.40. The van der Waals surface area contributed by atoms with Crippen LogP contribution in [0, 0.1) is 5.92 Å². The van der Waals surface area contributed by atoms with Crippen LogP contribution in [-0.4, -0.2) is 55.6 Å². The van der Waals surface area contributed by atoms with Gasteiger partial charge in [-0.15, -0.1) is 0 Å². The molecule has 2 N–H and O–H groups in total. The summed E-state index contributed by atoms with van der Waals surface area (Å²) in [5.41, 5.74) is 0.589. The number of likely N-dealkylation sites (tertiary alicyclic amines) is 1. The number of methoxy groups -OCH3 is 2. The number of amides is 2. The first-order valence-corrected chi connectivity index (χ1v) is 7.83. The SMILES string of the molecule is COc1ccc(C(CC(=O)O)NC(=O)C2CC(=O)N(C)C2)cc1OC. The van der Waals surface area contributed by atoms with Crippen LogP contribution < -0.4 is 14.8 Å². The van der Waals surface area contributed by atoms with Crippen LogP contribution in [-0.2, 0) is 14.4 Å². The number of hydrogen-bond acceptors (Lipinski definition) is 5. The summed E-state index contributed by atoms with van der Waals surface area (Å²) in [4.78, 5) is 36.7. The normalized spacial score (nSPS) is 18.0. The fourth-order valence-electron chi connectivity index (χ4n) is 2.83. The Morgan fingerprint density at radius 1 is 1.32 bits per heavy atom. The van der Waals surface area contributed by atoms with E-state index in [1.807, 2.05) is 0 Å². The van der Waals surface area contributed by atoms with Gasteiger partial charge in [0.1, 0.15) is 0 Å². The van der Waals surface area contributed by atoms with E-state index in [0.717, 1.165) is 0 Å². The summed E-state index contributed by atoms with van der Waals surface area (Å²) < 4.78 is 10.4. The highest BCUT2D eigenvalue weighted by atomic mass is 16.5. The van der Waals surface area contributed by atoms with Crippen LogP contribution in [0.1, 0.15) is 24.4 Å².